The van der Waals surface area contributed by atoms with Crippen LogP contribution in [0, 0.1) is 5.41 Å². The van der Waals surface area contributed by atoms with Crippen molar-refractivity contribution in [3.63, 3.8) is 0 Å². The van der Waals surface area contributed by atoms with E-state index in [-0.39, 0.29) is 0 Å². The standard InChI is InChI=1S/C9H18N2S/c1-4-9(5-2)6-11-8(10-3)12-7-9/h4-7H2,1-3H3,(H,10,11). The molecule has 1 aliphatic heterocycles. The molecule has 3 heteroatoms. The van der Waals surface area contributed by atoms with Crippen molar-refractivity contribution in [1.29, 1.82) is 0 Å². The van der Waals surface area contributed by atoms with Crippen molar-refractivity contribution in [3.8, 4) is 0 Å². The first kappa shape index (κ1) is 9.90. The highest BCUT2D eigenvalue weighted by molar-refractivity contribution is 8.13. The minimum atomic E-state index is 0.513. The molecule has 70 valence electrons. The maximum Gasteiger partial charge on any atom is 0.156 e. The number of aliphatic imine (C=N–C) groups is 1. The van der Waals surface area contributed by atoms with E-state index in [1.807, 2.05) is 18.8 Å². The minimum absolute atomic E-state index is 0.513. The Labute approximate surface area is 79.2 Å². The van der Waals surface area contributed by atoms with E-state index in [0.717, 1.165) is 11.7 Å². The van der Waals surface area contributed by atoms with E-state index in [2.05, 4.69) is 24.2 Å². The quantitative estimate of drug-likeness (QED) is 0.714. The van der Waals surface area contributed by atoms with Gasteiger partial charge in [0.25, 0.3) is 0 Å². The van der Waals surface area contributed by atoms with Crippen molar-refractivity contribution in [2.45, 2.75) is 26.7 Å². The van der Waals surface area contributed by atoms with Crippen LogP contribution in [0.5, 0.6) is 0 Å². The summed E-state index contributed by atoms with van der Waals surface area (Å²) in [6.45, 7) is 5.65. The number of rotatable bonds is 2. The van der Waals surface area contributed by atoms with Crippen LogP contribution in [0.25, 0.3) is 0 Å². The molecular formula is C9H18N2S. The summed E-state index contributed by atoms with van der Waals surface area (Å²) in [4.78, 5) is 4.15. The van der Waals surface area contributed by atoms with E-state index in [9.17, 15) is 0 Å². The lowest BCUT2D eigenvalue weighted by Crippen LogP contribution is -2.42. The van der Waals surface area contributed by atoms with Crippen molar-refractivity contribution in [3.05, 3.63) is 0 Å². The molecule has 0 aliphatic carbocycles. The molecule has 1 fully saturated rings. The number of thioether (sulfide) groups is 1. The summed E-state index contributed by atoms with van der Waals surface area (Å²) in [6.07, 6.45) is 2.53. The van der Waals surface area contributed by atoms with Gasteiger partial charge in [-0.05, 0) is 18.3 Å². The third kappa shape index (κ3) is 1.94. The summed E-state index contributed by atoms with van der Waals surface area (Å²) in [7, 11) is 1.85. The number of nitrogens with zero attached hydrogens (tertiary/aromatic N) is 1. The Morgan fingerprint density at radius 1 is 1.50 bits per heavy atom. The number of nitrogens with one attached hydrogen (secondary N) is 1. The van der Waals surface area contributed by atoms with Crippen LogP contribution in [-0.2, 0) is 0 Å². The van der Waals surface area contributed by atoms with Crippen molar-refractivity contribution in [2.24, 2.45) is 10.4 Å². The lowest BCUT2D eigenvalue weighted by molar-refractivity contribution is 0.303. The second-order valence-electron chi connectivity index (χ2n) is 3.38. The summed E-state index contributed by atoms with van der Waals surface area (Å²) in [5.41, 5.74) is 0.513. The van der Waals surface area contributed by atoms with Gasteiger partial charge in [-0.3, -0.25) is 4.99 Å². The highest BCUT2D eigenvalue weighted by Crippen LogP contribution is 2.33. The first-order chi connectivity index (χ1) is 5.76. The van der Waals surface area contributed by atoms with Crippen molar-refractivity contribution >= 4 is 16.9 Å². The molecule has 12 heavy (non-hydrogen) atoms. The Hall–Kier alpha value is -0.180. The van der Waals surface area contributed by atoms with Crippen molar-refractivity contribution < 1.29 is 0 Å². The molecule has 0 unspecified atom stereocenters. The summed E-state index contributed by atoms with van der Waals surface area (Å²) in [5.74, 6) is 1.22. The van der Waals surface area contributed by atoms with Crippen LogP contribution < -0.4 is 5.32 Å². The van der Waals surface area contributed by atoms with Gasteiger partial charge in [0, 0.05) is 19.3 Å². The van der Waals surface area contributed by atoms with Crippen LogP contribution in [0.15, 0.2) is 4.99 Å². The molecule has 1 N–H and O–H groups in total. The Morgan fingerprint density at radius 2 is 2.17 bits per heavy atom. The van der Waals surface area contributed by atoms with Crippen LogP contribution in [0.1, 0.15) is 26.7 Å². The van der Waals surface area contributed by atoms with E-state index in [0.29, 0.717) is 5.41 Å². The highest BCUT2D eigenvalue weighted by atomic mass is 32.2. The molecule has 0 atom stereocenters. The monoisotopic (exact) mass is 186 g/mol. The summed E-state index contributed by atoms with van der Waals surface area (Å²) < 4.78 is 0. The Balaban J connectivity index is 2.53. The topological polar surface area (TPSA) is 24.4 Å². The zero-order valence-corrected chi connectivity index (χ0v) is 9.00. The van der Waals surface area contributed by atoms with E-state index in [4.69, 9.17) is 0 Å². The zero-order chi connectivity index (χ0) is 9.03. The van der Waals surface area contributed by atoms with E-state index < -0.39 is 0 Å². The van der Waals surface area contributed by atoms with Gasteiger partial charge in [-0.25, -0.2) is 0 Å². The van der Waals surface area contributed by atoms with Gasteiger partial charge in [-0.2, -0.15) is 0 Å². The second kappa shape index (κ2) is 4.17. The van der Waals surface area contributed by atoms with Crippen LogP contribution in [0.3, 0.4) is 0 Å². The molecule has 0 amide bonds. The molecule has 0 aromatic rings. The summed E-state index contributed by atoms with van der Waals surface area (Å²) in [5, 5.41) is 4.48. The molecule has 2 nitrogen and oxygen atoms in total. The fourth-order valence-corrected chi connectivity index (χ4v) is 2.69. The molecule has 1 rings (SSSR count). The van der Waals surface area contributed by atoms with Gasteiger partial charge in [-0.1, -0.05) is 25.6 Å². The Morgan fingerprint density at radius 3 is 2.50 bits per heavy atom. The molecule has 0 aromatic heterocycles. The van der Waals surface area contributed by atoms with Gasteiger partial charge in [0.05, 0.1) is 0 Å². The summed E-state index contributed by atoms with van der Waals surface area (Å²) >= 11 is 1.86. The minimum Gasteiger partial charge on any atom is -0.364 e. The highest BCUT2D eigenvalue weighted by Gasteiger charge is 2.30. The normalized spacial score (nSPS) is 25.4. The molecule has 0 aromatic carbocycles. The molecule has 0 radical (unpaired) electrons. The van der Waals surface area contributed by atoms with Crippen LogP contribution in [0.2, 0.25) is 0 Å². The molecule has 1 heterocycles. The lowest BCUT2D eigenvalue weighted by Gasteiger charge is -2.36. The van der Waals surface area contributed by atoms with Gasteiger partial charge in [0.2, 0.25) is 0 Å². The van der Waals surface area contributed by atoms with Gasteiger partial charge < -0.3 is 5.32 Å². The van der Waals surface area contributed by atoms with Crippen LogP contribution in [-0.4, -0.2) is 24.5 Å². The van der Waals surface area contributed by atoms with Gasteiger partial charge in [-0.15, -0.1) is 0 Å². The lowest BCUT2D eigenvalue weighted by atomic mass is 9.84. The van der Waals surface area contributed by atoms with Crippen molar-refractivity contribution in [2.75, 3.05) is 19.3 Å². The fourth-order valence-electron chi connectivity index (χ4n) is 1.43. The fraction of sp³-hybridized carbons (Fsp3) is 0.889. The number of hydrogen-bond acceptors (Lipinski definition) is 2. The zero-order valence-electron chi connectivity index (χ0n) is 8.18. The predicted molar refractivity (Wildman–Crippen MR) is 56.8 cm³/mol. The third-order valence-electron chi connectivity index (χ3n) is 2.83. The van der Waals surface area contributed by atoms with E-state index in [1.165, 1.54) is 18.6 Å². The van der Waals surface area contributed by atoms with E-state index in [1.54, 1.807) is 0 Å². The Kier molecular flexibility index (Phi) is 3.44. The second-order valence-corrected chi connectivity index (χ2v) is 4.34. The first-order valence-electron chi connectivity index (χ1n) is 4.60. The van der Waals surface area contributed by atoms with Crippen LogP contribution >= 0.6 is 11.8 Å². The number of hydrogen-bond donors (Lipinski definition) is 1. The summed E-state index contributed by atoms with van der Waals surface area (Å²) in [6, 6.07) is 0. The van der Waals surface area contributed by atoms with Gasteiger partial charge in [0.15, 0.2) is 5.17 Å². The average molecular weight is 186 g/mol. The molecule has 0 bridgehead atoms. The molecule has 1 saturated heterocycles. The largest absolute Gasteiger partial charge is 0.364 e. The maximum absolute atomic E-state index is 4.15. The SMILES string of the molecule is CCC1(CC)CNC(=NC)SC1. The molecular weight excluding hydrogens is 168 g/mol. The third-order valence-corrected chi connectivity index (χ3v) is 4.19. The maximum atomic E-state index is 4.15. The molecule has 0 saturated carbocycles. The van der Waals surface area contributed by atoms with Gasteiger partial charge in [0.1, 0.15) is 0 Å². The van der Waals surface area contributed by atoms with Crippen molar-refractivity contribution in [1.82, 2.24) is 5.32 Å². The van der Waals surface area contributed by atoms with Crippen LogP contribution in [0.4, 0.5) is 0 Å². The van der Waals surface area contributed by atoms with E-state index >= 15 is 0 Å². The first-order valence-corrected chi connectivity index (χ1v) is 5.58. The van der Waals surface area contributed by atoms with Gasteiger partial charge >= 0.3 is 0 Å². The Bertz CT molecular complexity index is 161. The number of amidine groups is 1. The smallest absolute Gasteiger partial charge is 0.156 e. The molecule has 1 aliphatic rings. The average Bonchev–Trinajstić information content (AvgIpc) is 2.18. The molecule has 0 spiro atoms. The predicted octanol–water partition coefficient (Wildman–Crippen LogP) is 2.12.